The first-order chi connectivity index (χ1) is 8.07. The number of carbonyl (C=O) groups excluding carboxylic acids is 1. The van der Waals surface area contributed by atoms with Gasteiger partial charge in [0.05, 0.1) is 5.54 Å². The maximum absolute atomic E-state index is 12.3. The third kappa shape index (κ3) is 2.67. The first-order valence-electron chi connectivity index (χ1n) is 6.14. The molecule has 102 valence electrons. The van der Waals surface area contributed by atoms with Crippen molar-refractivity contribution >= 4 is 24.1 Å². The van der Waals surface area contributed by atoms with Crippen LogP contribution in [-0.2, 0) is 11.8 Å². The molecule has 2 N–H and O–H groups in total. The van der Waals surface area contributed by atoms with Crippen LogP contribution in [0.25, 0.3) is 0 Å². The number of anilines is 1. The summed E-state index contributed by atoms with van der Waals surface area (Å²) in [6.45, 7) is 4.93. The second-order valence-electron chi connectivity index (χ2n) is 4.71. The summed E-state index contributed by atoms with van der Waals surface area (Å²) in [5.74, 6) is 0.673. The van der Waals surface area contributed by atoms with Gasteiger partial charge in [-0.25, -0.2) is 0 Å². The molecule has 1 saturated heterocycles. The predicted octanol–water partition coefficient (Wildman–Crippen LogP) is 1.62. The topological polar surface area (TPSA) is 59.0 Å². The Labute approximate surface area is 114 Å². The van der Waals surface area contributed by atoms with Crippen molar-refractivity contribution in [2.45, 2.75) is 38.6 Å². The molecule has 0 spiro atoms. The number of aryl methyl sites for hydroxylation is 2. The Kier molecular flexibility index (Phi) is 4.76. The van der Waals surface area contributed by atoms with Gasteiger partial charge < -0.3 is 10.6 Å². The number of hydrogen-bond donors (Lipinski definition) is 2. The Morgan fingerprint density at radius 1 is 1.67 bits per heavy atom. The van der Waals surface area contributed by atoms with Crippen molar-refractivity contribution in [1.29, 1.82) is 0 Å². The van der Waals surface area contributed by atoms with Gasteiger partial charge in [0.2, 0.25) is 5.91 Å². The van der Waals surface area contributed by atoms with Crippen LogP contribution in [-0.4, -0.2) is 27.8 Å². The lowest BCUT2D eigenvalue weighted by Gasteiger charge is -2.26. The SMILES string of the molecule is CCC1(C(=O)Nc2cc(C)n(C)n2)CCCN1.Cl. The van der Waals surface area contributed by atoms with E-state index in [0.717, 1.165) is 31.5 Å². The minimum Gasteiger partial charge on any atom is -0.308 e. The Bertz CT molecular complexity index is 404. The maximum atomic E-state index is 12.3. The van der Waals surface area contributed by atoms with E-state index in [0.29, 0.717) is 5.82 Å². The molecule has 1 aliphatic heterocycles. The highest BCUT2D eigenvalue weighted by molar-refractivity contribution is 5.97. The van der Waals surface area contributed by atoms with Crippen LogP contribution < -0.4 is 10.6 Å². The monoisotopic (exact) mass is 272 g/mol. The number of aromatic nitrogens is 2. The molecule has 5 nitrogen and oxygen atoms in total. The molecule has 1 aromatic rings. The maximum Gasteiger partial charge on any atom is 0.245 e. The van der Waals surface area contributed by atoms with Crippen molar-refractivity contribution in [2.24, 2.45) is 7.05 Å². The van der Waals surface area contributed by atoms with Crippen LogP contribution in [0.4, 0.5) is 5.82 Å². The molecule has 0 bridgehead atoms. The minimum atomic E-state index is -0.397. The standard InChI is InChI=1S/C12H20N4O.ClH/c1-4-12(6-5-7-13-12)11(17)14-10-8-9(2)16(3)15-10;/h8,13H,4-7H2,1-3H3,(H,14,15,17);1H. The zero-order chi connectivity index (χ0) is 12.5. The van der Waals surface area contributed by atoms with E-state index in [1.165, 1.54) is 0 Å². The first-order valence-corrected chi connectivity index (χ1v) is 6.14. The molecule has 2 heterocycles. The predicted molar refractivity (Wildman–Crippen MR) is 74.1 cm³/mol. The lowest BCUT2D eigenvalue weighted by Crippen LogP contribution is -2.50. The molecule has 1 aliphatic rings. The molecule has 6 heteroatoms. The number of carbonyl (C=O) groups is 1. The van der Waals surface area contributed by atoms with Crippen LogP contribution in [0.1, 0.15) is 31.9 Å². The number of hydrogen-bond acceptors (Lipinski definition) is 3. The smallest absolute Gasteiger partial charge is 0.245 e. The molecule has 0 aromatic carbocycles. The molecule has 1 atom stereocenters. The summed E-state index contributed by atoms with van der Waals surface area (Å²) in [7, 11) is 1.87. The van der Waals surface area contributed by atoms with Gasteiger partial charge in [0.1, 0.15) is 0 Å². The molecule has 1 fully saturated rings. The largest absolute Gasteiger partial charge is 0.308 e. The molecule has 1 aromatic heterocycles. The Hall–Kier alpha value is -1.07. The van der Waals surface area contributed by atoms with Crippen LogP contribution in [0.15, 0.2) is 6.07 Å². The van der Waals surface area contributed by atoms with Gasteiger partial charge in [0.25, 0.3) is 0 Å². The molecule has 18 heavy (non-hydrogen) atoms. The van der Waals surface area contributed by atoms with Gasteiger partial charge in [-0.05, 0) is 32.7 Å². The molecule has 0 aliphatic carbocycles. The third-order valence-corrected chi connectivity index (χ3v) is 3.64. The zero-order valence-corrected chi connectivity index (χ0v) is 11.9. The molecule has 0 saturated carbocycles. The van der Waals surface area contributed by atoms with E-state index in [4.69, 9.17) is 0 Å². The van der Waals surface area contributed by atoms with Crippen LogP contribution in [0.3, 0.4) is 0 Å². The minimum absolute atomic E-state index is 0. The summed E-state index contributed by atoms with van der Waals surface area (Å²) in [6, 6.07) is 1.89. The van der Waals surface area contributed by atoms with E-state index >= 15 is 0 Å². The van der Waals surface area contributed by atoms with Gasteiger partial charge >= 0.3 is 0 Å². The highest BCUT2D eigenvalue weighted by atomic mass is 35.5. The summed E-state index contributed by atoms with van der Waals surface area (Å²) >= 11 is 0. The average molecular weight is 273 g/mol. The van der Waals surface area contributed by atoms with E-state index < -0.39 is 5.54 Å². The highest BCUT2D eigenvalue weighted by Gasteiger charge is 2.39. The van der Waals surface area contributed by atoms with Gasteiger partial charge in [0, 0.05) is 18.8 Å². The fourth-order valence-corrected chi connectivity index (χ4v) is 2.32. The second-order valence-corrected chi connectivity index (χ2v) is 4.71. The fourth-order valence-electron chi connectivity index (χ4n) is 2.32. The summed E-state index contributed by atoms with van der Waals surface area (Å²) < 4.78 is 1.76. The summed E-state index contributed by atoms with van der Waals surface area (Å²) in [5.41, 5.74) is 0.635. The Balaban J connectivity index is 0.00000162. The average Bonchev–Trinajstić information content (AvgIpc) is 2.88. The van der Waals surface area contributed by atoms with Crippen molar-refractivity contribution < 1.29 is 4.79 Å². The normalized spacial score (nSPS) is 22.6. The molecular formula is C12H21ClN4O. The van der Waals surface area contributed by atoms with Gasteiger partial charge in [-0.3, -0.25) is 9.48 Å². The van der Waals surface area contributed by atoms with Crippen LogP contribution in [0, 0.1) is 6.92 Å². The number of rotatable bonds is 3. The number of halogens is 1. The third-order valence-electron chi connectivity index (χ3n) is 3.64. The number of nitrogens with zero attached hydrogens (tertiary/aromatic N) is 2. The van der Waals surface area contributed by atoms with Gasteiger partial charge in [-0.15, -0.1) is 12.4 Å². The quantitative estimate of drug-likeness (QED) is 0.879. The molecule has 1 unspecified atom stereocenters. The molecule has 2 rings (SSSR count). The summed E-state index contributed by atoms with van der Waals surface area (Å²) in [6.07, 6.45) is 2.77. The van der Waals surface area contributed by atoms with E-state index in [1.54, 1.807) is 4.68 Å². The Morgan fingerprint density at radius 3 is 2.83 bits per heavy atom. The van der Waals surface area contributed by atoms with E-state index in [9.17, 15) is 4.79 Å². The number of nitrogens with one attached hydrogen (secondary N) is 2. The van der Waals surface area contributed by atoms with Crippen molar-refractivity contribution in [2.75, 3.05) is 11.9 Å². The van der Waals surface area contributed by atoms with E-state index in [1.807, 2.05) is 27.0 Å². The summed E-state index contributed by atoms with van der Waals surface area (Å²) in [5, 5.41) is 10.5. The lowest BCUT2D eigenvalue weighted by atomic mass is 9.93. The van der Waals surface area contributed by atoms with Crippen LogP contribution >= 0.6 is 12.4 Å². The zero-order valence-electron chi connectivity index (χ0n) is 11.1. The second kappa shape index (κ2) is 5.71. The van der Waals surface area contributed by atoms with Crippen molar-refractivity contribution in [3.05, 3.63) is 11.8 Å². The van der Waals surface area contributed by atoms with Crippen LogP contribution in [0.5, 0.6) is 0 Å². The highest BCUT2D eigenvalue weighted by Crippen LogP contribution is 2.24. The van der Waals surface area contributed by atoms with E-state index in [2.05, 4.69) is 15.7 Å². The summed E-state index contributed by atoms with van der Waals surface area (Å²) in [4.78, 5) is 12.3. The Morgan fingerprint density at radius 2 is 2.39 bits per heavy atom. The lowest BCUT2D eigenvalue weighted by molar-refractivity contribution is -0.122. The molecular weight excluding hydrogens is 252 g/mol. The van der Waals surface area contributed by atoms with E-state index in [-0.39, 0.29) is 18.3 Å². The van der Waals surface area contributed by atoms with Crippen molar-refractivity contribution in [3.63, 3.8) is 0 Å². The number of amides is 1. The first kappa shape index (κ1) is 15.0. The molecule has 1 amide bonds. The fraction of sp³-hybridized carbons (Fsp3) is 0.667. The van der Waals surface area contributed by atoms with Gasteiger partial charge in [-0.2, -0.15) is 5.10 Å². The van der Waals surface area contributed by atoms with Crippen molar-refractivity contribution in [1.82, 2.24) is 15.1 Å². The molecule has 0 radical (unpaired) electrons. The van der Waals surface area contributed by atoms with Crippen LogP contribution in [0.2, 0.25) is 0 Å². The van der Waals surface area contributed by atoms with Gasteiger partial charge in [0.15, 0.2) is 5.82 Å². The van der Waals surface area contributed by atoms with Gasteiger partial charge in [-0.1, -0.05) is 6.92 Å². The van der Waals surface area contributed by atoms with Crippen molar-refractivity contribution in [3.8, 4) is 0 Å².